The molecule has 160 valence electrons. The minimum Gasteiger partial charge on any atom is -0.493 e. The summed E-state index contributed by atoms with van der Waals surface area (Å²) in [5.41, 5.74) is 1.06. The maximum Gasteiger partial charge on any atom is 0.453 e. The first-order chi connectivity index (χ1) is 14.1. The van der Waals surface area contributed by atoms with Gasteiger partial charge in [0.05, 0.1) is 14.2 Å². The topological polar surface area (TPSA) is 78.3 Å². The van der Waals surface area contributed by atoms with Gasteiger partial charge in [0, 0.05) is 23.3 Å². The molecule has 0 spiro atoms. The van der Waals surface area contributed by atoms with Crippen molar-refractivity contribution in [3.63, 3.8) is 0 Å². The van der Waals surface area contributed by atoms with Crippen LogP contribution in [0.3, 0.4) is 0 Å². The molecule has 2 heterocycles. The van der Waals surface area contributed by atoms with Gasteiger partial charge in [-0.25, -0.2) is 4.68 Å². The quantitative estimate of drug-likeness (QED) is 0.807. The molecule has 0 amide bonds. The van der Waals surface area contributed by atoms with E-state index in [0.29, 0.717) is 34.8 Å². The Bertz CT molecular complexity index is 1060. The normalized spacial score (nSPS) is 20.4. The number of hydrogen-bond donors (Lipinski definition) is 1. The molecule has 1 unspecified atom stereocenters. The molecule has 2 aliphatic rings. The Balaban J connectivity index is 1.98. The summed E-state index contributed by atoms with van der Waals surface area (Å²) in [4.78, 5) is 16.8. The van der Waals surface area contributed by atoms with Crippen molar-refractivity contribution in [3.05, 3.63) is 40.9 Å². The molecule has 4 rings (SSSR count). The Morgan fingerprint density at radius 1 is 1.20 bits per heavy atom. The number of rotatable bonds is 3. The summed E-state index contributed by atoms with van der Waals surface area (Å²) in [6, 6.07) is 4.13. The lowest BCUT2D eigenvalue weighted by atomic mass is 9.73. The Labute approximate surface area is 170 Å². The van der Waals surface area contributed by atoms with Crippen molar-refractivity contribution in [1.29, 1.82) is 0 Å². The van der Waals surface area contributed by atoms with Crippen molar-refractivity contribution in [2.45, 2.75) is 38.9 Å². The molecule has 10 heteroatoms. The standard InChI is InChI=1S/C20H21F3N4O3/c1-19(2)8-11-14(12(28)9-19)15(10-6-5-7-13(29-3)16(10)30-4)27-18(24-11)25-17(26-27)20(21,22)23/h5-7,15H,8-9H2,1-4H3,(H,24,25,26). The van der Waals surface area contributed by atoms with E-state index < -0.39 is 18.0 Å². The number of carbonyl (C=O) groups is 1. The van der Waals surface area contributed by atoms with Gasteiger partial charge in [-0.3, -0.25) is 4.79 Å². The smallest absolute Gasteiger partial charge is 0.453 e. The number of methoxy groups -OCH3 is 2. The Kier molecular flexibility index (Phi) is 4.55. The number of ketones is 1. The SMILES string of the molecule is COc1cccc(C2C3=C(CC(C)(C)CC3=O)Nc3nc(C(F)(F)F)nn32)c1OC. The predicted molar refractivity (Wildman–Crippen MR) is 101 cm³/mol. The van der Waals surface area contributed by atoms with Crippen LogP contribution < -0.4 is 14.8 Å². The Morgan fingerprint density at radius 3 is 2.57 bits per heavy atom. The number of carbonyl (C=O) groups excluding carboxylic acids is 1. The summed E-state index contributed by atoms with van der Waals surface area (Å²) in [6.45, 7) is 3.88. The summed E-state index contributed by atoms with van der Waals surface area (Å²) in [5.74, 6) is -0.772. The van der Waals surface area contributed by atoms with Crippen molar-refractivity contribution in [2.24, 2.45) is 5.41 Å². The number of alkyl halides is 3. The number of allylic oxidation sites excluding steroid dienone is 2. The fourth-order valence-electron chi connectivity index (χ4n) is 4.14. The summed E-state index contributed by atoms with van der Waals surface area (Å²) in [6.07, 6.45) is -3.96. The highest BCUT2D eigenvalue weighted by atomic mass is 19.4. The molecule has 1 aliphatic carbocycles. The first kappa shape index (κ1) is 20.2. The van der Waals surface area contributed by atoms with Crippen molar-refractivity contribution in [3.8, 4) is 11.5 Å². The minimum atomic E-state index is -4.72. The van der Waals surface area contributed by atoms with E-state index in [-0.39, 0.29) is 23.6 Å². The minimum absolute atomic E-state index is 0.0681. The van der Waals surface area contributed by atoms with E-state index in [2.05, 4.69) is 15.4 Å². The van der Waals surface area contributed by atoms with Gasteiger partial charge in [-0.1, -0.05) is 26.0 Å². The molecular weight excluding hydrogens is 401 g/mol. The molecule has 30 heavy (non-hydrogen) atoms. The number of aromatic nitrogens is 3. The second-order valence-corrected chi connectivity index (χ2v) is 8.14. The molecule has 1 aromatic carbocycles. The van der Waals surface area contributed by atoms with E-state index >= 15 is 0 Å². The van der Waals surface area contributed by atoms with Gasteiger partial charge in [-0.2, -0.15) is 18.2 Å². The van der Waals surface area contributed by atoms with E-state index in [4.69, 9.17) is 9.47 Å². The average Bonchev–Trinajstić information content (AvgIpc) is 3.08. The number of ether oxygens (including phenoxy) is 2. The maximum atomic E-state index is 13.3. The van der Waals surface area contributed by atoms with Gasteiger partial charge >= 0.3 is 6.18 Å². The van der Waals surface area contributed by atoms with Gasteiger partial charge in [0.2, 0.25) is 5.95 Å². The lowest BCUT2D eigenvalue weighted by Crippen LogP contribution is -2.36. The number of fused-ring (bicyclic) bond motifs is 1. The number of Topliss-reactive ketones (excluding diaryl/α,β-unsaturated/α-hetero) is 1. The molecule has 1 aromatic heterocycles. The Morgan fingerprint density at radius 2 is 1.93 bits per heavy atom. The molecule has 0 radical (unpaired) electrons. The van der Waals surface area contributed by atoms with Gasteiger partial charge in [0.15, 0.2) is 17.3 Å². The lowest BCUT2D eigenvalue weighted by molar-refractivity contribution is -0.145. The van der Waals surface area contributed by atoms with E-state index in [1.165, 1.54) is 14.2 Å². The van der Waals surface area contributed by atoms with Crippen LogP contribution in [0.4, 0.5) is 19.1 Å². The number of benzene rings is 1. The summed E-state index contributed by atoms with van der Waals surface area (Å²) < 4.78 is 52.0. The fraction of sp³-hybridized carbons (Fsp3) is 0.450. The van der Waals surface area contributed by atoms with Crippen molar-refractivity contribution < 1.29 is 27.4 Å². The highest BCUT2D eigenvalue weighted by molar-refractivity contribution is 6.00. The highest BCUT2D eigenvalue weighted by Gasteiger charge is 2.45. The molecule has 7 nitrogen and oxygen atoms in total. The molecular formula is C20H21F3N4O3. The zero-order valence-corrected chi connectivity index (χ0v) is 16.9. The van der Waals surface area contributed by atoms with Crippen LogP contribution in [0.1, 0.15) is 44.1 Å². The number of halogens is 3. The van der Waals surface area contributed by atoms with Crippen LogP contribution in [0.2, 0.25) is 0 Å². The van der Waals surface area contributed by atoms with E-state index in [1.807, 2.05) is 13.8 Å². The monoisotopic (exact) mass is 422 g/mol. The Hall–Kier alpha value is -3.04. The zero-order valence-electron chi connectivity index (χ0n) is 16.9. The molecule has 2 aromatic rings. The first-order valence-electron chi connectivity index (χ1n) is 9.33. The molecule has 0 saturated carbocycles. The molecule has 1 aliphatic heterocycles. The van der Waals surface area contributed by atoms with Crippen LogP contribution >= 0.6 is 0 Å². The number of para-hydroxylation sites is 1. The molecule has 0 saturated heterocycles. The molecule has 0 fully saturated rings. The largest absolute Gasteiger partial charge is 0.493 e. The van der Waals surface area contributed by atoms with Crippen LogP contribution in [0.15, 0.2) is 29.5 Å². The van der Waals surface area contributed by atoms with Crippen molar-refractivity contribution in [2.75, 3.05) is 19.5 Å². The highest BCUT2D eigenvalue weighted by Crippen LogP contribution is 2.48. The number of anilines is 1. The average molecular weight is 422 g/mol. The maximum absolute atomic E-state index is 13.3. The van der Waals surface area contributed by atoms with Gasteiger partial charge in [0.25, 0.3) is 5.82 Å². The number of nitrogens with zero attached hydrogens (tertiary/aromatic N) is 3. The van der Waals surface area contributed by atoms with Crippen LogP contribution in [0.25, 0.3) is 0 Å². The summed E-state index contributed by atoms with van der Waals surface area (Å²) in [5, 5.41) is 6.63. The van der Waals surface area contributed by atoms with Gasteiger partial charge < -0.3 is 14.8 Å². The van der Waals surface area contributed by atoms with Crippen LogP contribution in [-0.4, -0.2) is 34.8 Å². The number of nitrogens with one attached hydrogen (secondary N) is 1. The number of hydrogen-bond acceptors (Lipinski definition) is 6. The van der Waals surface area contributed by atoms with Gasteiger partial charge in [-0.15, -0.1) is 5.10 Å². The van der Waals surface area contributed by atoms with Crippen LogP contribution in [0, 0.1) is 5.41 Å². The van der Waals surface area contributed by atoms with Gasteiger partial charge in [-0.05, 0) is 17.9 Å². The molecule has 0 bridgehead atoms. The fourth-order valence-corrected chi connectivity index (χ4v) is 4.14. The van der Waals surface area contributed by atoms with Crippen LogP contribution in [-0.2, 0) is 11.0 Å². The second kappa shape index (κ2) is 6.75. The zero-order chi connectivity index (χ0) is 21.8. The third-order valence-corrected chi connectivity index (χ3v) is 5.31. The second-order valence-electron chi connectivity index (χ2n) is 8.14. The van der Waals surface area contributed by atoms with Crippen molar-refractivity contribution in [1.82, 2.24) is 14.8 Å². The lowest BCUT2D eigenvalue weighted by Gasteiger charge is -2.38. The van der Waals surface area contributed by atoms with E-state index in [9.17, 15) is 18.0 Å². The molecule has 1 atom stereocenters. The van der Waals surface area contributed by atoms with Crippen molar-refractivity contribution >= 4 is 11.7 Å². The summed E-state index contributed by atoms with van der Waals surface area (Å²) in [7, 11) is 2.90. The van der Waals surface area contributed by atoms with E-state index in [1.54, 1.807) is 18.2 Å². The van der Waals surface area contributed by atoms with Gasteiger partial charge in [0.1, 0.15) is 6.04 Å². The predicted octanol–water partition coefficient (Wildman–Crippen LogP) is 3.97. The first-order valence-corrected chi connectivity index (χ1v) is 9.33. The van der Waals surface area contributed by atoms with E-state index in [0.717, 1.165) is 4.68 Å². The molecule has 1 N–H and O–H groups in total. The summed E-state index contributed by atoms with van der Waals surface area (Å²) >= 11 is 0. The van der Waals surface area contributed by atoms with Crippen LogP contribution in [0.5, 0.6) is 11.5 Å². The third kappa shape index (κ3) is 3.20. The third-order valence-electron chi connectivity index (χ3n) is 5.31.